The number of hydrogen-bond acceptors (Lipinski definition) is 6. The molecular weight excluding hydrogens is 290 g/mol. The van der Waals surface area contributed by atoms with Crippen LogP contribution in [0.3, 0.4) is 0 Å². The van der Waals surface area contributed by atoms with Gasteiger partial charge in [-0.25, -0.2) is 4.79 Å². The molecule has 2 aromatic rings. The highest BCUT2D eigenvalue weighted by molar-refractivity contribution is 7.10. The second-order valence-corrected chi connectivity index (χ2v) is 5.76. The van der Waals surface area contributed by atoms with Crippen LogP contribution in [-0.4, -0.2) is 29.3 Å². The van der Waals surface area contributed by atoms with Gasteiger partial charge in [-0.3, -0.25) is 0 Å². The molecule has 2 rings (SSSR count). The summed E-state index contributed by atoms with van der Waals surface area (Å²) in [5.41, 5.74) is 5.22. The van der Waals surface area contributed by atoms with Crippen molar-refractivity contribution in [2.24, 2.45) is 5.73 Å². The van der Waals surface area contributed by atoms with E-state index in [9.17, 15) is 4.79 Å². The highest BCUT2D eigenvalue weighted by Gasteiger charge is 2.19. The summed E-state index contributed by atoms with van der Waals surface area (Å²) in [6, 6.07) is 3.30. The first kappa shape index (κ1) is 15.5. The predicted molar refractivity (Wildman–Crippen MR) is 80.0 cm³/mol. The van der Waals surface area contributed by atoms with Gasteiger partial charge in [-0.05, 0) is 25.4 Å². The molecule has 21 heavy (non-hydrogen) atoms. The van der Waals surface area contributed by atoms with Gasteiger partial charge in [-0.1, -0.05) is 11.2 Å². The minimum atomic E-state index is -0.572. The van der Waals surface area contributed by atoms with Gasteiger partial charge in [0.1, 0.15) is 0 Å². The summed E-state index contributed by atoms with van der Waals surface area (Å²) in [5, 5.41) is 11.7. The number of carbonyl (C=O) groups excluding carboxylic acids is 1. The Bertz CT molecular complexity index is 569. The quantitative estimate of drug-likeness (QED) is 0.713. The molecule has 0 radical (unpaired) electrons. The first-order valence-electron chi connectivity index (χ1n) is 6.66. The lowest BCUT2D eigenvalue weighted by Crippen LogP contribution is -2.34. The van der Waals surface area contributed by atoms with Crippen molar-refractivity contribution in [3.8, 4) is 0 Å². The summed E-state index contributed by atoms with van der Waals surface area (Å²) in [7, 11) is 1.88. The monoisotopic (exact) mass is 309 g/mol. The number of thiophene rings is 1. The molecule has 114 valence electrons. The molecule has 0 aliphatic carbocycles. The van der Waals surface area contributed by atoms with Crippen LogP contribution in [0.4, 0.5) is 4.79 Å². The van der Waals surface area contributed by atoms with Gasteiger partial charge in [0.05, 0.1) is 12.5 Å². The molecule has 8 heteroatoms. The maximum atomic E-state index is 11.1. The minimum Gasteiger partial charge on any atom is -0.352 e. The number of aromatic nitrogens is 2. The Labute approximate surface area is 126 Å². The van der Waals surface area contributed by atoms with E-state index in [4.69, 9.17) is 10.3 Å². The third kappa shape index (κ3) is 4.54. The van der Waals surface area contributed by atoms with Gasteiger partial charge < -0.3 is 20.9 Å². The molecule has 0 aliphatic heterocycles. The molecule has 0 aromatic carbocycles. The standard InChI is InChI=1S/C13H19N5O2S/c1-8(15-2)6-11-17-12(20-18-11)7-9(16-13(14)19)10-4-3-5-21-10/h3-5,8-9,15H,6-7H2,1-2H3,(H3,14,16,19). The maximum absolute atomic E-state index is 11.1. The molecule has 7 nitrogen and oxygen atoms in total. The number of nitrogens with zero attached hydrogens (tertiary/aromatic N) is 2. The van der Waals surface area contributed by atoms with Crippen molar-refractivity contribution in [3.63, 3.8) is 0 Å². The van der Waals surface area contributed by atoms with E-state index in [1.807, 2.05) is 31.5 Å². The van der Waals surface area contributed by atoms with Crippen LogP contribution >= 0.6 is 11.3 Å². The first-order valence-corrected chi connectivity index (χ1v) is 7.54. The fraction of sp³-hybridized carbons (Fsp3) is 0.462. The number of hydrogen-bond donors (Lipinski definition) is 3. The molecule has 0 saturated carbocycles. The van der Waals surface area contributed by atoms with Crippen molar-refractivity contribution in [2.45, 2.75) is 31.8 Å². The lowest BCUT2D eigenvalue weighted by Gasteiger charge is -2.13. The summed E-state index contributed by atoms with van der Waals surface area (Å²) in [6.45, 7) is 2.04. The molecule has 4 N–H and O–H groups in total. The Hall–Kier alpha value is -1.93. The second-order valence-electron chi connectivity index (χ2n) is 4.78. The molecule has 0 spiro atoms. The zero-order valence-electron chi connectivity index (χ0n) is 12.0. The number of amides is 2. The van der Waals surface area contributed by atoms with Crippen molar-refractivity contribution < 1.29 is 9.32 Å². The van der Waals surface area contributed by atoms with Crippen molar-refractivity contribution in [2.75, 3.05) is 7.05 Å². The minimum absolute atomic E-state index is 0.252. The number of carbonyl (C=O) groups is 1. The van der Waals surface area contributed by atoms with E-state index in [1.165, 1.54) is 0 Å². The molecular formula is C13H19N5O2S. The van der Waals surface area contributed by atoms with Crippen LogP contribution in [0.15, 0.2) is 22.0 Å². The summed E-state index contributed by atoms with van der Waals surface area (Å²) < 4.78 is 5.24. The zero-order chi connectivity index (χ0) is 15.2. The number of primary amides is 1. The van der Waals surface area contributed by atoms with Crippen LogP contribution in [0.25, 0.3) is 0 Å². The molecule has 2 amide bonds. The number of urea groups is 1. The number of nitrogens with two attached hydrogens (primary N) is 1. The van der Waals surface area contributed by atoms with Gasteiger partial charge in [0.15, 0.2) is 5.82 Å². The highest BCUT2D eigenvalue weighted by Crippen LogP contribution is 2.22. The van der Waals surface area contributed by atoms with Crippen molar-refractivity contribution in [3.05, 3.63) is 34.1 Å². The van der Waals surface area contributed by atoms with Crippen molar-refractivity contribution >= 4 is 17.4 Å². The molecule has 2 heterocycles. The summed E-state index contributed by atoms with van der Waals surface area (Å²) in [5.74, 6) is 1.14. The third-order valence-corrected chi connectivity index (χ3v) is 4.06. The first-order chi connectivity index (χ1) is 10.1. The Kier molecular flexibility index (Phi) is 5.29. The lowest BCUT2D eigenvalue weighted by molar-refractivity contribution is 0.244. The summed E-state index contributed by atoms with van der Waals surface area (Å²) in [4.78, 5) is 16.5. The largest absolute Gasteiger partial charge is 0.352 e. The van der Waals surface area contributed by atoms with Crippen molar-refractivity contribution in [1.82, 2.24) is 20.8 Å². The van der Waals surface area contributed by atoms with E-state index >= 15 is 0 Å². The fourth-order valence-corrected chi connectivity index (χ4v) is 2.67. The van der Waals surface area contributed by atoms with E-state index in [-0.39, 0.29) is 12.1 Å². The molecule has 2 atom stereocenters. The Morgan fingerprint density at radius 3 is 2.95 bits per heavy atom. The number of nitrogens with one attached hydrogen (secondary N) is 2. The molecule has 0 bridgehead atoms. The zero-order valence-corrected chi connectivity index (χ0v) is 12.8. The van der Waals surface area contributed by atoms with Gasteiger partial charge in [0.2, 0.25) is 5.89 Å². The van der Waals surface area contributed by atoms with Gasteiger partial charge >= 0.3 is 6.03 Å². The maximum Gasteiger partial charge on any atom is 0.312 e. The Morgan fingerprint density at radius 1 is 1.52 bits per heavy atom. The van der Waals surface area contributed by atoms with E-state index in [1.54, 1.807) is 11.3 Å². The van der Waals surface area contributed by atoms with Crippen LogP contribution in [0.1, 0.15) is 29.6 Å². The summed E-state index contributed by atoms with van der Waals surface area (Å²) in [6.07, 6.45) is 1.11. The van der Waals surface area contributed by atoms with E-state index < -0.39 is 6.03 Å². The smallest absolute Gasteiger partial charge is 0.312 e. The normalized spacial score (nSPS) is 13.8. The van der Waals surface area contributed by atoms with Gasteiger partial charge in [0.25, 0.3) is 0 Å². The average Bonchev–Trinajstić information content (AvgIpc) is 3.09. The van der Waals surface area contributed by atoms with Crippen molar-refractivity contribution in [1.29, 1.82) is 0 Å². The number of likely N-dealkylation sites (N-methyl/N-ethyl adjacent to an activating group) is 1. The fourth-order valence-electron chi connectivity index (χ4n) is 1.89. The third-order valence-electron chi connectivity index (χ3n) is 3.07. The average molecular weight is 309 g/mol. The predicted octanol–water partition coefficient (Wildman–Crippen LogP) is 1.23. The van der Waals surface area contributed by atoms with Crippen LogP contribution in [0.2, 0.25) is 0 Å². The molecule has 0 saturated heterocycles. The molecule has 0 aliphatic rings. The highest BCUT2D eigenvalue weighted by atomic mass is 32.1. The molecule has 2 aromatic heterocycles. The van der Waals surface area contributed by atoms with Gasteiger partial charge in [-0.15, -0.1) is 11.3 Å². The lowest BCUT2D eigenvalue weighted by atomic mass is 10.1. The van der Waals surface area contributed by atoms with Crippen LogP contribution in [0.5, 0.6) is 0 Å². The van der Waals surface area contributed by atoms with Crippen LogP contribution in [-0.2, 0) is 12.8 Å². The van der Waals surface area contributed by atoms with E-state index in [0.29, 0.717) is 24.6 Å². The summed E-state index contributed by atoms with van der Waals surface area (Å²) >= 11 is 1.54. The Morgan fingerprint density at radius 2 is 2.33 bits per heavy atom. The molecule has 2 unspecified atom stereocenters. The van der Waals surface area contributed by atoms with Crippen LogP contribution in [0, 0.1) is 0 Å². The SMILES string of the molecule is CNC(C)Cc1noc(CC(NC(N)=O)c2cccs2)n1. The van der Waals surface area contributed by atoms with E-state index in [0.717, 1.165) is 4.88 Å². The molecule has 0 fully saturated rings. The number of rotatable bonds is 7. The Balaban J connectivity index is 2.05. The van der Waals surface area contributed by atoms with E-state index in [2.05, 4.69) is 20.8 Å². The topological polar surface area (TPSA) is 106 Å². The van der Waals surface area contributed by atoms with Crippen LogP contribution < -0.4 is 16.4 Å². The second kappa shape index (κ2) is 7.19. The van der Waals surface area contributed by atoms with Gasteiger partial charge in [-0.2, -0.15) is 4.98 Å². The van der Waals surface area contributed by atoms with Gasteiger partial charge in [0, 0.05) is 17.3 Å².